The highest BCUT2D eigenvalue weighted by molar-refractivity contribution is 6.30. The van der Waals surface area contributed by atoms with Crippen LogP contribution in [0, 0.1) is 0 Å². The Morgan fingerprint density at radius 1 is 1.20 bits per heavy atom. The molecule has 0 radical (unpaired) electrons. The third kappa shape index (κ3) is 5.71. The number of amides is 3. The summed E-state index contributed by atoms with van der Waals surface area (Å²) < 4.78 is 4.76. The van der Waals surface area contributed by atoms with Crippen LogP contribution in [0.3, 0.4) is 0 Å². The van der Waals surface area contributed by atoms with Gasteiger partial charge < -0.3 is 10.1 Å². The summed E-state index contributed by atoms with van der Waals surface area (Å²) in [6.45, 7) is 1.82. The van der Waals surface area contributed by atoms with Crippen molar-refractivity contribution >= 4 is 29.5 Å². The van der Waals surface area contributed by atoms with Crippen molar-refractivity contribution in [1.29, 1.82) is 0 Å². The standard InChI is InChI=1S/C13H15ClN2O4/c1-2-7-15-13(19)16-11(17)8-20-12(18)9-3-5-10(14)6-4-9/h3-6H,2,7-8H2,1H3,(H2,15,16,17,19). The Kier molecular flexibility index (Phi) is 6.52. The summed E-state index contributed by atoms with van der Waals surface area (Å²) in [6, 6.07) is 5.43. The number of hydrogen-bond donors (Lipinski definition) is 2. The van der Waals surface area contributed by atoms with Crippen LogP contribution in [0.5, 0.6) is 0 Å². The molecule has 2 N–H and O–H groups in total. The molecule has 108 valence electrons. The van der Waals surface area contributed by atoms with Crippen molar-refractivity contribution in [3.05, 3.63) is 34.9 Å². The number of ether oxygens (including phenoxy) is 1. The van der Waals surface area contributed by atoms with Crippen LogP contribution in [0.25, 0.3) is 0 Å². The van der Waals surface area contributed by atoms with E-state index in [2.05, 4.69) is 5.32 Å². The van der Waals surface area contributed by atoms with E-state index in [1.54, 1.807) is 0 Å². The zero-order valence-corrected chi connectivity index (χ0v) is 11.7. The summed E-state index contributed by atoms with van der Waals surface area (Å²) in [5.74, 6) is -1.35. The molecule has 0 saturated carbocycles. The van der Waals surface area contributed by atoms with Gasteiger partial charge in [-0.25, -0.2) is 9.59 Å². The van der Waals surface area contributed by atoms with Crippen molar-refractivity contribution < 1.29 is 19.1 Å². The van der Waals surface area contributed by atoms with Crippen molar-refractivity contribution in [2.45, 2.75) is 13.3 Å². The number of nitrogens with one attached hydrogen (secondary N) is 2. The molecule has 7 heteroatoms. The Balaban J connectivity index is 2.35. The fraction of sp³-hybridized carbons (Fsp3) is 0.308. The van der Waals surface area contributed by atoms with Gasteiger partial charge in [-0.2, -0.15) is 0 Å². The maximum atomic E-state index is 11.6. The lowest BCUT2D eigenvalue weighted by Crippen LogP contribution is -2.41. The van der Waals surface area contributed by atoms with Gasteiger partial charge in [0.1, 0.15) is 0 Å². The predicted molar refractivity (Wildman–Crippen MR) is 73.6 cm³/mol. The Morgan fingerprint density at radius 3 is 2.45 bits per heavy atom. The van der Waals surface area contributed by atoms with E-state index < -0.39 is 24.5 Å². The monoisotopic (exact) mass is 298 g/mol. The van der Waals surface area contributed by atoms with Gasteiger partial charge in [-0.15, -0.1) is 0 Å². The van der Waals surface area contributed by atoms with Crippen LogP contribution >= 0.6 is 11.6 Å². The molecule has 20 heavy (non-hydrogen) atoms. The smallest absolute Gasteiger partial charge is 0.338 e. The van der Waals surface area contributed by atoms with Crippen molar-refractivity contribution in [2.75, 3.05) is 13.2 Å². The molecule has 0 aliphatic rings. The maximum Gasteiger partial charge on any atom is 0.338 e. The highest BCUT2D eigenvalue weighted by Gasteiger charge is 2.11. The number of esters is 1. The first-order valence-corrected chi connectivity index (χ1v) is 6.41. The van der Waals surface area contributed by atoms with E-state index in [0.717, 1.165) is 6.42 Å². The van der Waals surface area contributed by atoms with Crippen LogP contribution in [-0.2, 0) is 9.53 Å². The first-order chi connectivity index (χ1) is 9.52. The summed E-state index contributed by atoms with van der Waals surface area (Å²) in [4.78, 5) is 34.1. The van der Waals surface area contributed by atoms with Crippen LogP contribution < -0.4 is 10.6 Å². The summed E-state index contributed by atoms with van der Waals surface area (Å²) in [5.41, 5.74) is 0.276. The minimum atomic E-state index is -0.694. The van der Waals surface area contributed by atoms with E-state index in [1.807, 2.05) is 12.2 Å². The molecule has 1 aromatic carbocycles. The fourth-order valence-corrected chi connectivity index (χ4v) is 1.37. The number of halogens is 1. The molecule has 0 heterocycles. The molecule has 0 atom stereocenters. The lowest BCUT2D eigenvalue weighted by molar-refractivity contribution is -0.123. The molecule has 0 unspecified atom stereocenters. The second-order valence-electron chi connectivity index (χ2n) is 3.89. The molecule has 0 saturated heterocycles. The topological polar surface area (TPSA) is 84.5 Å². The first kappa shape index (κ1) is 16.0. The largest absolute Gasteiger partial charge is 0.452 e. The Hall–Kier alpha value is -2.08. The van der Waals surface area contributed by atoms with Gasteiger partial charge >= 0.3 is 12.0 Å². The van der Waals surface area contributed by atoms with E-state index >= 15 is 0 Å². The molecule has 0 spiro atoms. The Morgan fingerprint density at radius 2 is 1.85 bits per heavy atom. The quantitative estimate of drug-likeness (QED) is 0.811. The van der Waals surface area contributed by atoms with Crippen molar-refractivity contribution in [1.82, 2.24) is 10.6 Å². The van der Waals surface area contributed by atoms with Gasteiger partial charge in [0.15, 0.2) is 6.61 Å². The van der Waals surface area contributed by atoms with Gasteiger partial charge in [0.25, 0.3) is 5.91 Å². The first-order valence-electron chi connectivity index (χ1n) is 6.03. The molecule has 6 nitrogen and oxygen atoms in total. The minimum absolute atomic E-state index is 0.276. The van der Waals surface area contributed by atoms with Crippen molar-refractivity contribution in [2.24, 2.45) is 0 Å². The van der Waals surface area contributed by atoms with Crippen LogP contribution in [0.4, 0.5) is 4.79 Å². The number of imide groups is 1. The SMILES string of the molecule is CCCNC(=O)NC(=O)COC(=O)c1ccc(Cl)cc1. The van der Waals surface area contributed by atoms with E-state index in [1.165, 1.54) is 24.3 Å². The maximum absolute atomic E-state index is 11.6. The number of carbonyl (C=O) groups is 3. The van der Waals surface area contributed by atoms with Crippen molar-refractivity contribution in [3.8, 4) is 0 Å². The number of rotatable bonds is 5. The molecular formula is C13H15ClN2O4. The van der Waals surface area contributed by atoms with Gasteiger partial charge in [-0.1, -0.05) is 18.5 Å². The lowest BCUT2D eigenvalue weighted by atomic mass is 10.2. The average molecular weight is 299 g/mol. The molecular weight excluding hydrogens is 284 g/mol. The second kappa shape index (κ2) is 8.16. The summed E-state index contributed by atoms with van der Waals surface area (Å²) in [5, 5.41) is 5.00. The van der Waals surface area contributed by atoms with Gasteiger partial charge in [-0.05, 0) is 30.7 Å². The number of carbonyl (C=O) groups excluding carboxylic acids is 3. The normalized spacial score (nSPS) is 9.70. The number of benzene rings is 1. The third-order valence-electron chi connectivity index (χ3n) is 2.20. The highest BCUT2D eigenvalue weighted by atomic mass is 35.5. The highest BCUT2D eigenvalue weighted by Crippen LogP contribution is 2.10. The van der Waals surface area contributed by atoms with Gasteiger partial charge in [-0.3, -0.25) is 10.1 Å². The molecule has 0 bridgehead atoms. The molecule has 1 aromatic rings. The minimum Gasteiger partial charge on any atom is -0.452 e. The molecule has 1 rings (SSSR count). The van der Waals surface area contributed by atoms with Gasteiger partial charge in [0, 0.05) is 11.6 Å². The molecule has 3 amide bonds. The summed E-state index contributed by atoms with van der Waals surface area (Å²) in [7, 11) is 0. The number of hydrogen-bond acceptors (Lipinski definition) is 4. The zero-order chi connectivity index (χ0) is 15.0. The number of urea groups is 1. The van der Waals surface area contributed by atoms with E-state index in [9.17, 15) is 14.4 Å². The molecule has 0 aliphatic heterocycles. The van der Waals surface area contributed by atoms with Gasteiger partial charge in [0.2, 0.25) is 0 Å². The Bertz CT molecular complexity index is 488. The predicted octanol–water partition coefficient (Wildman–Crippen LogP) is 1.73. The third-order valence-corrected chi connectivity index (χ3v) is 2.45. The second-order valence-corrected chi connectivity index (χ2v) is 4.32. The van der Waals surface area contributed by atoms with E-state index in [-0.39, 0.29) is 5.56 Å². The van der Waals surface area contributed by atoms with Gasteiger partial charge in [0.05, 0.1) is 5.56 Å². The zero-order valence-electron chi connectivity index (χ0n) is 10.9. The van der Waals surface area contributed by atoms with E-state index in [0.29, 0.717) is 11.6 Å². The van der Waals surface area contributed by atoms with Crippen LogP contribution in [0.1, 0.15) is 23.7 Å². The molecule has 0 aliphatic carbocycles. The van der Waals surface area contributed by atoms with Crippen molar-refractivity contribution in [3.63, 3.8) is 0 Å². The van der Waals surface area contributed by atoms with E-state index in [4.69, 9.17) is 16.3 Å². The summed E-state index contributed by atoms with van der Waals surface area (Å²) >= 11 is 5.68. The average Bonchev–Trinajstić information content (AvgIpc) is 2.43. The van der Waals surface area contributed by atoms with Crippen LogP contribution in [0.2, 0.25) is 5.02 Å². The van der Waals surface area contributed by atoms with Crippen LogP contribution in [0.15, 0.2) is 24.3 Å². The molecule has 0 fully saturated rings. The lowest BCUT2D eigenvalue weighted by Gasteiger charge is -2.06. The fourth-order valence-electron chi connectivity index (χ4n) is 1.25. The summed E-state index contributed by atoms with van der Waals surface area (Å²) in [6.07, 6.45) is 0.757. The molecule has 0 aromatic heterocycles. The van der Waals surface area contributed by atoms with Crippen LogP contribution in [-0.4, -0.2) is 31.1 Å². The Labute approximate surface area is 121 Å².